The zero-order valence-electron chi connectivity index (χ0n) is 12.4. The number of nitrogens with one attached hydrogen (secondary N) is 1. The topological polar surface area (TPSA) is 122 Å². The standard InChI is InChI=1S/C13H23N3O5/c1-3-8(2)11(15-13(14)20)12(19)16-4-5-21-7-9(16)6-10(17)18/h8-9,11H,3-7H2,1-2H3,(H,17,18)(H3,14,15,20). The lowest BCUT2D eigenvalue weighted by molar-refractivity contribution is -0.148. The number of nitrogens with zero attached hydrogens (tertiary/aromatic N) is 1. The number of morpholine rings is 1. The van der Waals surface area contributed by atoms with E-state index in [9.17, 15) is 14.4 Å². The third-order valence-electron chi connectivity index (χ3n) is 3.70. The van der Waals surface area contributed by atoms with Crippen molar-refractivity contribution in [2.45, 2.75) is 38.8 Å². The molecule has 120 valence electrons. The van der Waals surface area contributed by atoms with Gasteiger partial charge in [0.2, 0.25) is 5.91 Å². The molecule has 0 aliphatic carbocycles. The highest BCUT2D eigenvalue weighted by Crippen LogP contribution is 2.17. The van der Waals surface area contributed by atoms with Gasteiger partial charge in [0.25, 0.3) is 0 Å². The van der Waals surface area contributed by atoms with Crippen LogP contribution in [0.15, 0.2) is 0 Å². The van der Waals surface area contributed by atoms with Gasteiger partial charge in [0.15, 0.2) is 0 Å². The third kappa shape index (κ3) is 4.89. The minimum Gasteiger partial charge on any atom is -0.481 e. The van der Waals surface area contributed by atoms with E-state index in [2.05, 4.69) is 5.32 Å². The summed E-state index contributed by atoms with van der Waals surface area (Å²) in [7, 11) is 0. The van der Waals surface area contributed by atoms with Crippen molar-refractivity contribution in [3.05, 3.63) is 0 Å². The van der Waals surface area contributed by atoms with Crippen molar-refractivity contribution in [2.75, 3.05) is 19.8 Å². The molecule has 3 unspecified atom stereocenters. The largest absolute Gasteiger partial charge is 0.481 e. The Hall–Kier alpha value is -1.83. The molecule has 0 aromatic rings. The highest BCUT2D eigenvalue weighted by Gasteiger charge is 2.35. The number of carboxylic acid groups (broad SMARTS) is 1. The molecule has 1 fully saturated rings. The lowest BCUT2D eigenvalue weighted by atomic mass is 9.96. The van der Waals surface area contributed by atoms with Crippen molar-refractivity contribution in [1.82, 2.24) is 10.2 Å². The Morgan fingerprint density at radius 3 is 2.67 bits per heavy atom. The molecular weight excluding hydrogens is 278 g/mol. The predicted molar refractivity (Wildman–Crippen MR) is 74.5 cm³/mol. The van der Waals surface area contributed by atoms with Gasteiger partial charge in [-0.05, 0) is 5.92 Å². The Bertz CT molecular complexity index is 401. The number of carbonyl (C=O) groups is 3. The van der Waals surface area contributed by atoms with Crippen LogP contribution in [0.2, 0.25) is 0 Å². The molecule has 1 aliphatic rings. The molecule has 3 amide bonds. The number of carbonyl (C=O) groups excluding carboxylic acids is 2. The van der Waals surface area contributed by atoms with E-state index in [-0.39, 0.29) is 24.9 Å². The molecule has 0 radical (unpaired) electrons. The van der Waals surface area contributed by atoms with E-state index in [0.717, 1.165) is 0 Å². The lowest BCUT2D eigenvalue weighted by Gasteiger charge is -2.38. The van der Waals surface area contributed by atoms with Crippen LogP contribution in [0.3, 0.4) is 0 Å². The minimum atomic E-state index is -0.994. The van der Waals surface area contributed by atoms with Gasteiger partial charge in [-0.1, -0.05) is 20.3 Å². The molecule has 0 aromatic heterocycles. The smallest absolute Gasteiger partial charge is 0.312 e. The van der Waals surface area contributed by atoms with Crippen LogP contribution in [0.5, 0.6) is 0 Å². The van der Waals surface area contributed by atoms with Crippen molar-refractivity contribution in [3.63, 3.8) is 0 Å². The van der Waals surface area contributed by atoms with Crippen molar-refractivity contribution in [1.29, 1.82) is 0 Å². The number of amides is 3. The Morgan fingerprint density at radius 2 is 2.14 bits per heavy atom. The van der Waals surface area contributed by atoms with E-state index in [0.29, 0.717) is 19.6 Å². The van der Waals surface area contributed by atoms with Crippen LogP contribution in [-0.4, -0.2) is 59.8 Å². The van der Waals surface area contributed by atoms with E-state index in [4.69, 9.17) is 15.6 Å². The Kier molecular flexibility index (Phi) is 6.41. The fourth-order valence-electron chi connectivity index (χ4n) is 2.33. The van der Waals surface area contributed by atoms with Gasteiger partial charge in [0.05, 0.1) is 25.7 Å². The quantitative estimate of drug-likeness (QED) is 0.625. The maximum absolute atomic E-state index is 12.6. The zero-order chi connectivity index (χ0) is 16.0. The summed E-state index contributed by atoms with van der Waals surface area (Å²) in [5, 5.41) is 11.4. The predicted octanol–water partition coefficient (Wildman–Crippen LogP) is -0.228. The molecular formula is C13H23N3O5. The number of ether oxygens (including phenoxy) is 1. The van der Waals surface area contributed by atoms with Crippen LogP contribution < -0.4 is 11.1 Å². The molecule has 8 heteroatoms. The van der Waals surface area contributed by atoms with Crippen molar-refractivity contribution in [3.8, 4) is 0 Å². The molecule has 4 N–H and O–H groups in total. The highest BCUT2D eigenvalue weighted by atomic mass is 16.5. The van der Waals surface area contributed by atoms with Crippen molar-refractivity contribution < 1.29 is 24.2 Å². The second-order valence-electron chi connectivity index (χ2n) is 5.23. The summed E-state index contributed by atoms with van der Waals surface area (Å²) >= 11 is 0. The minimum absolute atomic E-state index is 0.0988. The first-order valence-electron chi connectivity index (χ1n) is 7.02. The fourth-order valence-corrected chi connectivity index (χ4v) is 2.33. The summed E-state index contributed by atoms with van der Waals surface area (Å²) in [6.45, 7) is 4.59. The monoisotopic (exact) mass is 301 g/mol. The number of urea groups is 1. The van der Waals surface area contributed by atoms with Gasteiger partial charge in [-0.25, -0.2) is 4.79 Å². The molecule has 1 rings (SSSR count). The number of carboxylic acids is 1. The normalized spacial score (nSPS) is 21.4. The summed E-state index contributed by atoms with van der Waals surface area (Å²) < 4.78 is 5.24. The van der Waals surface area contributed by atoms with Crippen LogP contribution in [0, 0.1) is 5.92 Å². The summed E-state index contributed by atoms with van der Waals surface area (Å²) in [6, 6.07) is -2.04. The molecule has 1 saturated heterocycles. The molecule has 0 aromatic carbocycles. The molecule has 8 nitrogen and oxygen atoms in total. The van der Waals surface area contributed by atoms with E-state index in [1.54, 1.807) is 0 Å². The van der Waals surface area contributed by atoms with Crippen molar-refractivity contribution in [2.24, 2.45) is 11.7 Å². The van der Waals surface area contributed by atoms with E-state index >= 15 is 0 Å². The van der Waals surface area contributed by atoms with Crippen LogP contribution in [0.4, 0.5) is 4.79 Å². The van der Waals surface area contributed by atoms with Crippen LogP contribution in [0.1, 0.15) is 26.7 Å². The van der Waals surface area contributed by atoms with E-state index in [1.807, 2.05) is 13.8 Å². The van der Waals surface area contributed by atoms with Gasteiger partial charge in [0, 0.05) is 6.54 Å². The molecule has 21 heavy (non-hydrogen) atoms. The Morgan fingerprint density at radius 1 is 1.48 bits per heavy atom. The first-order valence-corrected chi connectivity index (χ1v) is 7.02. The van der Waals surface area contributed by atoms with Crippen molar-refractivity contribution >= 4 is 17.9 Å². The molecule has 0 saturated carbocycles. The zero-order valence-corrected chi connectivity index (χ0v) is 12.4. The Balaban J connectivity index is 2.87. The molecule has 3 atom stereocenters. The lowest BCUT2D eigenvalue weighted by Crippen LogP contribution is -2.58. The molecule has 0 bridgehead atoms. The average molecular weight is 301 g/mol. The summed E-state index contributed by atoms with van der Waals surface area (Å²) in [5.74, 6) is -1.40. The SMILES string of the molecule is CCC(C)C(NC(N)=O)C(=O)N1CCOCC1CC(=O)O. The summed E-state index contributed by atoms with van der Waals surface area (Å²) in [5.41, 5.74) is 5.13. The molecule has 1 aliphatic heterocycles. The van der Waals surface area contributed by atoms with Gasteiger partial charge in [-0.15, -0.1) is 0 Å². The summed E-state index contributed by atoms with van der Waals surface area (Å²) in [4.78, 5) is 36.1. The average Bonchev–Trinajstić information content (AvgIpc) is 2.43. The maximum Gasteiger partial charge on any atom is 0.312 e. The number of nitrogens with two attached hydrogens (primary N) is 1. The third-order valence-corrected chi connectivity index (χ3v) is 3.70. The second-order valence-corrected chi connectivity index (χ2v) is 5.23. The van der Waals surface area contributed by atoms with Gasteiger partial charge in [-0.2, -0.15) is 0 Å². The van der Waals surface area contributed by atoms with Gasteiger partial charge in [0.1, 0.15) is 6.04 Å². The number of hydrogen-bond donors (Lipinski definition) is 3. The number of hydrogen-bond acceptors (Lipinski definition) is 4. The molecule has 1 heterocycles. The van der Waals surface area contributed by atoms with Crippen LogP contribution in [-0.2, 0) is 14.3 Å². The van der Waals surface area contributed by atoms with Gasteiger partial charge in [-0.3, -0.25) is 9.59 Å². The molecule has 0 spiro atoms. The van der Waals surface area contributed by atoms with Gasteiger partial charge >= 0.3 is 12.0 Å². The fraction of sp³-hybridized carbons (Fsp3) is 0.769. The number of primary amides is 1. The Labute approximate surface area is 123 Å². The van der Waals surface area contributed by atoms with E-state index < -0.39 is 24.1 Å². The first kappa shape index (κ1) is 17.2. The number of rotatable bonds is 6. The van der Waals surface area contributed by atoms with E-state index in [1.165, 1.54) is 4.90 Å². The van der Waals surface area contributed by atoms with Crippen LogP contribution >= 0.6 is 0 Å². The number of aliphatic carboxylic acids is 1. The van der Waals surface area contributed by atoms with Gasteiger partial charge < -0.3 is 25.8 Å². The maximum atomic E-state index is 12.6. The summed E-state index contributed by atoms with van der Waals surface area (Å²) in [6.07, 6.45) is 0.500. The van der Waals surface area contributed by atoms with Crippen LogP contribution in [0.25, 0.3) is 0 Å². The second kappa shape index (κ2) is 7.82. The highest BCUT2D eigenvalue weighted by molar-refractivity contribution is 5.87. The first-order chi connectivity index (χ1) is 9.86.